The minimum atomic E-state index is 0.345. The fraction of sp³-hybridized carbons (Fsp3) is 0.105. The molecule has 25 heavy (non-hydrogen) atoms. The Labute approximate surface area is 145 Å². The van der Waals surface area contributed by atoms with Crippen molar-refractivity contribution in [3.05, 3.63) is 66.3 Å². The maximum absolute atomic E-state index is 6.06. The molecule has 6 heteroatoms. The van der Waals surface area contributed by atoms with E-state index in [1.54, 1.807) is 6.20 Å². The number of likely N-dealkylation sites (N-methyl/N-ethyl adjacent to an activating group) is 1. The van der Waals surface area contributed by atoms with Crippen molar-refractivity contribution in [3.8, 4) is 11.5 Å². The van der Waals surface area contributed by atoms with Crippen LogP contribution < -0.4 is 5.73 Å². The zero-order valence-corrected chi connectivity index (χ0v) is 14.1. The largest absolute Gasteiger partial charge is 0.382 e. The van der Waals surface area contributed by atoms with E-state index >= 15 is 0 Å². The normalized spacial score (nSPS) is 14.2. The van der Waals surface area contributed by atoms with Crippen LogP contribution in [0.5, 0.6) is 0 Å². The monoisotopic (exact) mass is 330 g/mol. The Bertz CT molecular complexity index is 1060. The average molecular weight is 330 g/mol. The SMILES string of the molecule is C=C1C=CC(c2cnc(N)c(-c3nc4ccc(C)cc4[nH]3)n2)=CN1C. The molecule has 4 rings (SSSR count). The molecule has 2 aromatic heterocycles. The molecule has 0 aliphatic carbocycles. The molecule has 0 saturated carbocycles. The summed E-state index contributed by atoms with van der Waals surface area (Å²) in [5, 5.41) is 0. The average Bonchev–Trinajstić information content (AvgIpc) is 3.00. The van der Waals surface area contributed by atoms with Gasteiger partial charge in [0.15, 0.2) is 11.6 Å². The number of aromatic amines is 1. The molecular formula is C19H18N6. The first-order valence-corrected chi connectivity index (χ1v) is 7.92. The number of nitrogens with zero attached hydrogens (tertiary/aromatic N) is 4. The van der Waals surface area contributed by atoms with E-state index in [1.165, 1.54) is 0 Å². The first-order chi connectivity index (χ1) is 12.0. The van der Waals surface area contributed by atoms with Gasteiger partial charge < -0.3 is 15.6 Å². The van der Waals surface area contributed by atoms with E-state index in [-0.39, 0.29) is 0 Å². The van der Waals surface area contributed by atoms with E-state index in [0.717, 1.165) is 33.6 Å². The topological polar surface area (TPSA) is 83.7 Å². The molecule has 3 heterocycles. The van der Waals surface area contributed by atoms with E-state index in [0.29, 0.717) is 17.3 Å². The van der Waals surface area contributed by atoms with Gasteiger partial charge in [-0.3, -0.25) is 0 Å². The number of H-pyrrole nitrogens is 1. The van der Waals surface area contributed by atoms with Crippen molar-refractivity contribution in [3.63, 3.8) is 0 Å². The Morgan fingerprint density at radius 2 is 2.04 bits per heavy atom. The van der Waals surface area contributed by atoms with Crippen LogP contribution in [-0.2, 0) is 0 Å². The van der Waals surface area contributed by atoms with Crippen molar-refractivity contribution < 1.29 is 0 Å². The smallest absolute Gasteiger partial charge is 0.161 e. The first kappa shape index (κ1) is 15.1. The molecule has 0 amide bonds. The highest BCUT2D eigenvalue weighted by atomic mass is 15.1. The number of fused-ring (bicyclic) bond motifs is 1. The second-order valence-corrected chi connectivity index (χ2v) is 6.12. The predicted molar refractivity (Wildman–Crippen MR) is 100 cm³/mol. The van der Waals surface area contributed by atoms with Gasteiger partial charge in [0.05, 0.1) is 22.9 Å². The van der Waals surface area contributed by atoms with E-state index in [9.17, 15) is 0 Å². The summed E-state index contributed by atoms with van der Waals surface area (Å²) in [5.74, 6) is 0.961. The van der Waals surface area contributed by atoms with Gasteiger partial charge in [0.25, 0.3) is 0 Å². The van der Waals surface area contributed by atoms with Gasteiger partial charge >= 0.3 is 0 Å². The Morgan fingerprint density at radius 1 is 1.20 bits per heavy atom. The molecule has 3 N–H and O–H groups in total. The molecule has 1 aliphatic rings. The van der Waals surface area contributed by atoms with Crippen molar-refractivity contribution >= 4 is 22.4 Å². The first-order valence-electron chi connectivity index (χ1n) is 7.92. The van der Waals surface area contributed by atoms with Gasteiger partial charge in [0.2, 0.25) is 0 Å². The van der Waals surface area contributed by atoms with E-state index in [4.69, 9.17) is 5.73 Å². The number of aromatic nitrogens is 4. The van der Waals surface area contributed by atoms with Gasteiger partial charge in [-0.2, -0.15) is 0 Å². The van der Waals surface area contributed by atoms with Crippen molar-refractivity contribution in [1.29, 1.82) is 0 Å². The Kier molecular flexibility index (Phi) is 3.39. The molecule has 0 fully saturated rings. The van der Waals surface area contributed by atoms with Crippen molar-refractivity contribution in [2.45, 2.75) is 6.92 Å². The molecular weight excluding hydrogens is 312 g/mol. The third-order valence-corrected chi connectivity index (χ3v) is 4.20. The van der Waals surface area contributed by atoms with Crippen LogP contribution in [0.15, 0.2) is 55.0 Å². The summed E-state index contributed by atoms with van der Waals surface area (Å²) >= 11 is 0. The molecule has 3 aromatic rings. The van der Waals surface area contributed by atoms with Crippen molar-refractivity contribution in [2.75, 3.05) is 12.8 Å². The number of hydrogen-bond acceptors (Lipinski definition) is 5. The summed E-state index contributed by atoms with van der Waals surface area (Å²) < 4.78 is 0. The zero-order chi connectivity index (χ0) is 17.6. The lowest BCUT2D eigenvalue weighted by Crippen LogP contribution is -2.12. The van der Waals surface area contributed by atoms with Crippen LogP contribution in [0.2, 0.25) is 0 Å². The van der Waals surface area contributed by atoms with E-state index in [2.05, 4.69) is 26.5 Å². The van der Waals surface area contributed by atoms with E-state index in [1.807, 2.05) is 55.4 Å². The number of nitrogen functional groups attached to an aromatic ring is 1. The van der Waals surface area contributed by atoms with Crippen molar-refractivity contribution in [1.82, 2.24) is 24.8 Å². The Morgan fingerprint density at radius 3 is 2.84 bits per heavy atom. The van der Waals surface area contributed by atoms with E-state index < -0.39 is 0 Å². The number of nitrogens with two attached hydrogens (primary N) is 1. The third kappa shape index (κ3) is 2.67. The highest BCUT2D eigenvalue weighted by Gasteiger charge is 2.15. The second kappa shape index (κ2) is 5.59. The highest BCUT2D eigenvalue weighted by Crippen LogP contribution is 2.27. The minimum Gasteiger partial charge on any atom is -0.382 e. The van der Waals surface area contributed by atoms with Crippen molar-refractivity contribution in [2.24, 2.45) is 0 Å². The number of aryl methyl sites for hydroxylation is 1. The maximum Gasteiger partial charge on any atom is 0.161 e. The van der Waals surface area contributed by atoms with Gasteiger partial charge in [-0.1, -0.05) is 12.6 Å². The molecule has 0 saturated heterocycles. The lowest BCUT2D eigenvalue weighted by molar-refractivity contribution is 0.589. The summed E-state index contributed by atoms with van der Waals surface area (Å²) in [7, 11) is 1.94. The predicted octanol–water partition coefficient (Wildman–Crippen LogP) is 3.27. The zero-order valence-electron chi connectivity index (χ0n) is 14.1. The van der Waals surface area contributed by atoms with Crippen LogP contribution in [0.4, 0.5) is 5.82 Å². The quantitative estimate of drug-likeness (QED) is 0.753. The lowest BCUT2D eigenvalue weighted by atomic mass is 10.1. The second-order valence-electron chi connectivity index (χ2n) is 6.12. The summed E-state index contributed by atoms with van der Waals surface area (Å²) in [5.41, 5.74) is 12.2. The summed E-state index contributed by atoms with van der Waals surface area (Å²) in [4.78, 5) is 18.8. The third-order valence-electron chi connectivity index (χ3n) is 4.20. The molecule has 124 valence electrons. The molecule has 0 unspecified atom stereocenters. The summed E-state index contributed by atoms with van der Waals surface area (Å²) in [6.07, 6.45) is 7.55. The highest BCUT2D eigenvalue weighted by molar-refractivity contribution is 5.82. The van der Waals surface area contributed by atoms with Gasteiger partial charge in [0.1, 0.15) is 5.69 Å². The summed E-state index contributed by atoms with van der Waals surface area (Å²) in [6.45, 7) is 6.00. The number of anilines is 1. The number of hydrogen-bond donors (Lipinski definition) is 2. The standard InChI is InChI=1S/C19H18N6/c1-11-4-7-14-15(8-11)24-19(23-14)17-18(20)21-9-16(22-17)13-6-5-12(2)25(3)10-13/h4-10H,2H2,1,3H3,(H2,20,21)(H,23,24). The Hall–Kier alpha value is -3.41. The Balaban J connectivity index is 1.81. The lowest BCUT2D eigenvalue weighted by Gasteiger charge is -2.20. The fourth-order valence-electron chi connectivity index (χ4n) is 2.74. The molecule has 0 radical (unpaired) electrons. The maximum atomic E-state index is 6.06. The van der Waals surface area contributed by atoms with Crippen LogP contribution in [0, 0.1) is 6.92 Å². The number of nitrogens with one attached hydrogen (secondary N) is 1. The molecule has 0 spiro atoms. The van der Waals surface area contributed by atoms with Crippen LogP contribution in [-0.4, -0.2) is 31.9 Å². The minimum absolute atomic E-state index is 0.345. The number of benzene rings is 1. The van der Waals surface area contributed by atoms with Crippen LogP contribution in [0.3, 0.4) is 0 Å². The molecule has 6 nitrogen and oxygen atoms in total. The van der Waals surface area contributed by atoms with Gasteiger partial charge in [0, 0.05) is 24.5 Å². The van der Waals surface area contributed by atoms with Crippen LogP contribution >= 0.6 is 0 Å². The molecule has 0 bridgehead atoms. The van der Waals surface area contributed by atoms with Gasteiger partial charge in [-0.05, 0) is 36.8 Å². The van der Waals surface area contributed by atoms with Gasteiger partial charge in [-0.25, -0.2) is 15.0 Å². The van der Waals surface area contributed by atoms with Crippen LogP contribution in [0.1, 0.15) is 11.3 Å². The number of rotatable bonds is 2. The van der Waals surface area contributed by atoms with Gasteiger partial charge in [-0.15, -0.1) is 0 Å². The van der Waals surface area contributed by atoms with Crippen LogP contribution in [0.25, 0.3) is 28.1 Å². The summed E-state index contributed by atoms with van der Waals surface area (Å²) in [6, 6.07) is 6.05. The number of allylic oxidation sites excluding steroid dienone is 3. The molecule has 1 aliphatic heterocycles. The molecule has 1 aromatic carbocycles. The fourth-order valence-corrected chi connectivity index (χ4v) is 2.74. The molecule has 0 atom stereocenters. The number of imidazole rings is 1.